The van der Waals surface area contributed by atoms with Crippen molar-refractivity contribution in [1.82, 2.24) is 0 Å². The fourth-order valence-electron chi connectivity index (χ4n) is 3.10. The van der Waals surface area contributed by atoms with E-state index in [-0.39, 0.29) is 18.0 Å². The molecule has 7 heteroatoms. The number of rotatable bonds is 4. The molecule has 0 spiro atoms. The van der Waals surface area contributed by atoms with Crippen LogP contribution in [0.1, 0.15) is 10.4 Å². The number of sulfonamides is 1. The van der Waals surface area contributed by atoms with E-state index in [1.807, 2.05) is 24.3 Å². The zero-order chi connectivity index (χ0) is 18.3. The minimum absolute atomic E-state index is 0.115. The van der Waals surface area contributed by atoms with Crippen molar-refractivity contribution >= 4 is 27.0 Å². The van der Waals surface area contributed by atoms with E-state index in [0.717, 1.165) is 20.9 Å². The van der Waals surface area contributed by atoms with Crippen LogP contribution in [0.25, 0.3) is 10.4 Å². The summed E-state index contributed by atoms with van der Waals surface area (Å²) in [7, 11) is -2.19. The van der Waals surface area contributed by atoms with Crippen LogP contribution in [-0.2, 0) is 23.2 Å². The van der Waals surface area contributed by atoms with Crippen LogP contribution in [0.4, 0.5) is 5.69 Å². The zero-order valence-corrected chi connectivity index (χ0v) is 15.7. The molecule has 0 radical (unpaired) electrons. The summed E-state index contributed by atoms with van der Waals surface area (Å²) in [6, 6.07) is 15.9. The number of hydrogen-bond donors (Lipinski definition) is 1. The SMILES string of the molecule is COc1ccc(S(=O)(=O)N2Cc3ccccc3-c3sc(CO)cc32)cc1. The Balaban J connectivity index is 1.85. The fraction of sp³-hybridized carbons (Fsp3) is 0.158. The van der Waals surface area contributed by atoms with Crippen LogP contribution in [0.2, 0.25) is 0 Å². The first-order valence-corrected chi connectivity index (χ1v) is 10.3. The summed E-state index contributed by atoms with van der Waals surface area (Å²) in [5.41, 5.74) is 2.59. The molecule has 3 aromatic rings. The van der Waals surface area contributed by atoms with Gasteiger partial charge in [-0.15, -0.1) is 11.3 Å². The Morgan fingerprint density at radius 2 is 1.88 bits per heavy atom. The summed E-state index contributed by atoms with van der Waals surface area (Å²) in [4.78, 5) is 1.81. The number of nitrogens with zero attached hydrogens (tertiary/aromatic N) is 1. The lowest BCUT2D eigenvalue weighted by Crippen LogP contribution is -2.32. The highest BCUT2D eigenvalue weighted by Gasteiger charge is 2.33. The second kappa shape index (κ2) is 6.42. The molecular formula is C19H17NO4S2. The summed E-state index contributed by atoms with van der Waals surface area (Å²) in [6.07, 6.45) is 0. The van der Waals surface area contributed by atoms with Crippen molar-refractivity contribution in [3.05, 3.63) is 65.0 Å². The molecule has 0 bridgehead atoms. The molecule has 0 saturated carbocycles. The van der Waals surface area contributed by atoms with Gasteiger partial charge in [0.2, 0.25) is 0 Å². The first-order chi connectivity index (χ1) is 12.5. The zero-order valence-electron chi connectivity index (χ0n) is 14.0. The molecule has 5 nitrogen and oxygen atoms in total. The maximum absolute atomic E-state index is 13.3. The number of ether oxygens (including phenoxy) is 1. The maximum atomic E-state index is 13.3. The van der Waals surface area contributed by atoms with Gasteiger partial charge < -0.3 is 9.84 Å². The van der Waals surface area contributed by atoms with Crippen molar-refractivity contribution in [2.45, 2.75) is 18.0 Å². The Morgan fingerprint density at radius 3 is 2.58 bits per heavy atom. The van der Waals surface area contributed by atoms with E-state index in [4.69, 9.17) is 4.74 Å². The van der Waals surface area contributed by atoms with E-state index < -0.39 is 10.0 Å². The van der Waals surface area contributed by atoms with Crippen LogP contribution in [0.15, 0.2) is 59.5 Å². The molecule has 2 heterocycles. The Hall–Kier alpha value is -2.35. The van der Waals surface area contributed by atoms with Gasteiger partial charge in [0.05, 0.1) is 35.7 Å². The Morgan fingerprint density at radius 1 is 1.15 bits per heavy atom. The number of aliphatic hydroxyl groups is 1. The van der Waals surface area contributed by atoms with E-state index in [1.54, 1.807) is 37.4 Å². The molecule has 0 atom stereocenters. The third kappa shape index (κ3) is 2.68. The topological polar surface area (TPSA) is 66.8 Å². The summed E-state index contributed by atoms with van der Waals surface area (Å²) >= 11 is 1.42. The summed E-state index contributed by atoms with van der Waals surface area (Å²) in [6.45, 7) is 0.148. The number of benzene rings is 2. The number of hydrogen-bond acceptors (Lipinski definition) is 5. The predicted molar refractivity (Wildman–Crippen MR) is 102 cm³/mol. The van der Waals surface area contributed by atoms with E-state index in [9.17, 15) is 13.5 Å². The molecule has 0 saturated heterocycles. The highest BCUT2D eigenvalue weighted by Crippen LogP contribution is 2.46. The standard InChI is InChI=1S/C19H17NO4S2/c1-24-14-6-8-16(9-7-14)26(22,23)20-11-13-4-2-3-5-17(13)19-18(20)10-15(12-21)25-19/h2-10,21H,11-12H2,1H3. The van der Waals surface area contributed by atoms with Crippen LogP contribution in [-0.4, -0.2) is 20.6 Å². The quantitative estimate of drug-likeness (QED) is 0.742. The Kier molecular flexibility index (Phi) is 4.22. The monoisotopic (exact) mass is 387 g/mol. The predicted octanol–water partition coefficient (Wildman–Crippen LogP) is 3.62. The molecule has 0 aliphatic carbocycles. The van der Waals surface area contributed by atoms with Gasteiger partial charge >= 0.3 is 0 Å². The molecule has 0 unspecified atom stereocenters. The molecule has 0 amide bonds. The second-order valence-corrected chi connectivity index (χ2v) is 8.93. The minimum Gasteiger partial charge on any atom is -0.497 e. The highest BCUT2D eigenvalue weighted by atomic mass is 32.2. The molecular weight excluding hydrogens is 370 g/mol. The number of aliphatic hydroxyl groups excluding tert-OH is 1. The summed E-state index contributed by atoms with van der Waals surface area (Å²) < 4.78 is 33.1. The van der Waals surface area contributed by atoms with E-state index >= 15 is 0 Å². The van der Waals surface area contributed by atoms with Crippen LogP contribution >= 0.6 is 11.3 Å². The van der Waals surface area contributed by atoms with Gasteiger partial charge in [0.1, 0.15) is 5.75 Å². The first-order valence-electron chi connectivity index (χ1n) is 8.03. The lowest BCUT2D eigenvalue weighted by molar-refractivity contribution is 0.285. The van der Waals surface area contributed by atoms with Crippen molar-refractivity contribution in [1.29, 1.82) is 0 Å². The summed E-state index contributed by atoms with van der Waals surface area (Å²) in [5, 5.41) is 9.53. The largest absolute Gasteiger partial charge is 0.497 e. The van der Waals surface area contributed by atoms with Gasteiger partial charge in [0.15, 0.2) is 0 Å². The van der Waals surface area contributed by atoms with Gasteiger partial charge in [-0.3, -0.25) is 4.31 Å². The summed E-state index contributed by atoms with van der Waals surface area (Å²) in [5.74, 6) is 0.603. The van der Waals surface area contributed by atoms with Crippen LogP contribution < -0.4 is 9.04 Å². The lowest BCUT2D eigenvalue weighted by Gasteiger charge is -2.30. The minimum atomic E-state index is -3.74. The second-order valence-electron chi connectivity index (χ2n) is 5.93. The van der Waals surface area contributed by atoms with Crippen LogP contribution in [0.3, 0.4) is 0 Å². The molecule has 4 rings (SSSR count). The average molecular weight is 387 g/mol. The molecule has 1 aliphatic rings. The van der Waals surface area contributed by atoms with E-state index in [1.165, 1.54) is 15.6 Å². The van der Waals surface area contributed by atoms with Gasteiger partial charge in [-0.05, 0) is 41.5 Å². The normalized spacial score (nSPS) is 13.2. The smallest absolute Gasteiger partial charge is 0.264 e. The number of methoxy groups -OCH3 is 1. The van der Waals surface area contributed by atoms with E-state index in [0.29, 0.717) is 11.4 Å². The number of thiophene rings is 1. The average Bonchev–Trinajstić information content (AvgIpc) is 3.12. The van der Waals surface area contributed by atoms with Crippen molar-refractivity contribution in [2.75, 3.05) is 11.4 Å². The molecule has 134 valence electrons. The molecule has 1 N–H and O–H groups in total. The molecule has 26 heavy (non-hydrogen) atoms. The third-order valence-corrected chi connectivity index (χ3v) is 7.33. The first kappa shape index (κ1) is 17.1. The van der Waals surface area contributed by atoms with Gasteiger partial charge in [0.25, 0.3) is 10.0 Å². The van der Waals surface area contributed by atoms with Gasteiger partial charge in [-0.25, -0.2) is 8.42 Å². The molecule has 1 aromatic heterocycles. The highest BCUT2D eigenvalue weighted by molar-refractivity contribution is 7.92. The molecule has 1 aliphatic heterocycles. The third-order valence-electron chi connectivity index (χ3n) is 4.41. The van der Waals surface area contributed by atoms with Crippen molar-refractivity contribution in [2.24, 2.45) is 0 Å². The fourth-order valence-corrected chi connectivity index (χ4v) is 5.68. The Bertz CT molecular complexity index is 1060. The number of anilines is 1. The van der Waals surface area contributed by atoms with Crippen molar-refractivity contribution in [3.63, 3.8) is 0 Å². The molecule has 2 aromatic carbocycles. The van der Waals surface area contributed by atoms with Gasteiger partial charge in [-0.2, -0.15) is 0 Å². The maximum Gasteiger partial charge on any atom is 0.264 e. The van der Waals surface area contributed by atoms with Crippen LogP contribution in [0, 0.1) is 0 Å². The van der Waals surface area contributed by atoms with Crippen molar-refractivity contribution < 1.29 is 18.3 Å². The van der Waals surface area contributed by atoms with Gasteiger partial charge in [0, 0.05) is 4.88 Å². The van der Waals surface area contributed by atoms with Crippen LogP contribution in [0.5, 0.6) is 5.75 Å². The number of fused-ring (bicyclic) bond motifs is 3. The lowest BCUT2D eigenvalue weighted by atomic mass is 10.0. The molecule has 0 fully saturated rings. The van der Waals surface area contributed by atoms with Crippen molar-refractivity contribution in [3.8, 4) is 16.2 Å². The Labute approximate surface area is 156 Å². The van der Waals surface area contributed by atoms with E-state index in [2.05, 4.69) is 0 Å². The van der Waals surface area contributed by atoms with Gasteiger partial charge in [-0.1, -0.05) is 24.3 Å².